The summed E-state index contributed by atoms with van der Waals surface area (Å²) in [5.74, 6) is -1.56. The van der Waals surface area contributed by atoms with E-state index in [0.29, 0.717) is 6.42 Å². The van der Waals surface area contributed by atoms with Gasteiger partial charge < -0.3 is 16.2 Å². The van der Waals surface area contributed by atoms with Crippen molar-refractivity contribution in [3.8, 4) is 0 Å². The summed E-state index contributed by atoms with van der Waals surface area (Å²) in [7, 11) is 0. The van der Waals surface area contributed by atoms with Crippen molar-refractivity contribution in [2.24, 2.45) is 17.1 Å². The minimum Gasteiger partial charge on any atom is -0.477 e. The Hall–Kier alpha value is -1.85. The van der Waals surface area contributed by atoms with E-state index in [1.165, 1.54) is 6.08 Å². The van der Waals surface area contributed by atoms with Crippen LogP contribution in [-0.4, -0.2) is 22.8 Å². The van der Waals surface area contributed by atoms with Gasteiger partial charge in [-0.05, 0) is 18.3 Å². The summed E-state index contributed by atoms with van der Waals surface area (Å²) in [6.45, 7) is 3.94. The Labute approximate surface area is 106 Å². The second-order valence-electron chi connectivity index (χ2n) is 5.22. The van der Waals surface area contributed by atoms with Crippen LogP contribution in [0.2, 0.25) is 0 Å². The molecule has 100 valence electrons. The van der Waals surface area contributed by atoms with E-state index in [0.717, 1.165) is 6.42 Å². The number of carboxylic acids is 1. The van der Waals surface area contributed by atoms with Gasteiger partial charge in [0.25, 0.3) is 0 Å². The molecule has 1 aliphatic rings. The highest BCUT2D eigenvalue weighted by Gasteiger charge is 2.50. The summed E-state index contributed by atoms with van der Waals surface area (Å²) in [4.78, 5) is 22.7. The largest absolute Gasteiger partial charge is 0.477 e. The van der Waals surface area contributed by atoms with Gasteiger partial charge in [0.2, 0.25) is 5.91 Å². The summed E-state index contributed by atoms with van der Waals surface area (Å²) >= 11 is 0. The second-order valence-corrected chi connectivity index (χ2v) is 5.22. The molecule has 1 amide bonds. The number of nitrogens with two attached hydrogens (primary N) is 1. The Morgan fingerprint density at radius 3 is 2.50 bits per heavy atom. The highest BCUT2D eigenvalue weighted by atomic mass is 16.4. The molecule has 0 spiro atoms. The molecule has 0 aromatic heterocycles. The summed E-state index contributed by atoms with van der Waals surface area (Å²) in [5, 5.41) is 18.4. The van der Waals surface area contributed by atoms with Crippen LogP contribution in [0, 0.1) is 16.7 Å². The molecule has 6 nitrogen and oxygen atoms in total. The van der Waals surface area contributed by atoms with Crippen molar-refractivity contribution >= 4 is 17.7 Å². The van der Waals surface area contributed by atoms with Crippen molar-refractivity contribution < 1.29 is 14.7 Å². The molecule has 6 heteroatoms. The quantitative estimate of drug-likeness (QED) is 0.319. The lowest BCUT2D eigenvalue weighted by molar-refractivity contribution is -0.135. The minimum absolute atomic E-state index is 0.00867. The van der Waals surface area contributed by atoms with Crippen LogP contribution in [0.25, 0.3) is 0 Å². The van der Waals surface area contributed by atoms with Crippen LogP contribution in [-0.2, 0) is 9.59 Å². The number of allylic oxidation sites excluding steroid dienone is 1. The van der Waals surface area contributed by atoms with Crippen LogP contribution in [0.1, 0.15) is 33.1 Å². The highest BCUT2D eigenvalue weighted by molar-refractivity contribution is 5.94. The lowest BCUT2D eigenvalue weighted by atomic mass is 10.1. The lowest BCUT2D eigenvalue weighted by Crippen LogP contribution is -2.29. The number of carboxylic acid groups (broad SMARTS) is 1. The first-order chi connectivity index (χ1) is 8.24. The maximum absolute atomic E-state index is 11.8. The first kappa shape index (κ1) is 14.2. The van der Waals surface area contributed by atoms with Crippen molar-refractivity contribution in [2.75, 3.05) is 0 Å². The van der Waals surface area contributed by atoms with E-state index < -0.39 is 5.97 Å². The Bertz CT molecular complexity index is 413. The Balaban J connectivity index is 2.56. The number of hydrogen-bond donors (Lipinski definition) is 4. The van der Waals surface area contributed by atoms with Crippen LogP contribution in [0.15, 0.2) is 11.8 Å². The molecule has 0 saturated heterocycles. The molecule has 1 aliphatic carbocycles. The Kier molecular flexibility index (Phi) is 4.11. The molecule has 0 radical (unpaired) electrons. The van der Waals surface area contributed by atoms with Crippen molar-refractivity contribution in [3.05, 3.63) is 11.8 Å². The zero-order valence-electron chi connectivity index (χ0n) is 10.6. The van der Waals surface area contributed by atoms with Gasteiger partial charge in [-0.15, -0.1) is 0 Å². The van der Waals surface area contributed by atoms with Crippen LogP contribution >= 0.6 is 0 Å². The van der Waals surface area contributed by atoms with Gasteiger partial charge in [0.1, 0.15) is 5.70 Å². The fraction of sp³-hybridized carbons (Fsp3) is 0.583. The van der Waals surface area contributed by atoms with Gasteiger partial charge >= 0.3 is 5.97 Å². The normalized spacial score (nSPS) is 21.2. The van der Waals surface area contributed by atoms with E-state index in [1.54, 1.807) is 0 Å². The summed E-state index contributed by atoms with van der Waals surface area (Å²) in [6, 6.07) is 0. The van der Waals surface area contributed by atoms with E-state index in [2.05, 4.69) is 5.32 Å². The molecule has 1 fully saturated rings. The third kappa shape index (κ3) is 3.87. The first-order valence-corrected chi connectivity index (χ1v) is 5.81. The Morgan fingerprint density at radius 2 is 2.11 bits per heavy atom. The molecule has 0 heterocycles. The topological polar surface area (TPSA) is 116 Å². The second kappa shape index (κ2) is 5.20. The Morgan fingerprint density at radius 1 is 1.56 bits per heavy atom. The molecule has 0 aromatic rings. The van der Waals surface area contributed by atoms with Gasteiger partial charge in [0.15, 0.2) is 0 Å². The van der Waals surface area contributed by atoms with Crippen molar-refractivity contribution in [1.82, 2.24) is 5.32 Å². The van der Waals surface area contributed by atoms with Crippen LogP contribution < -0.4 is 11.1 Å². The predicted molar refractivity (Wildman–Crippen MR) is 66.9 cm³/mol. The summed E-state index contributed by atoms with van der Waals surface area (Å²) < 4.78 is 0. The maximum Gasteiger partial charge on any atom is 0.352 e. The van der Waals surface area contributed by atoms with Gasteiger partial charge in [0.05, 0.1) is 5.84 Å². The van der Waals surface area contributed by atoms with Gasteiger partial charge in [-0.25, -0.2) is 4.79 Å². The molecule has 5 N–H and O–H groups in total. The first-order valence-electron chi connectivity index (χ1n) is 5.81. The molecule has 0 aromatic carbocycles. The van der Waals surface area contributed by atoms with E-state index in [9.17, 15) is 9.59 Å². The molecule has 1 atom stereocenters. The smallest absolute Gasteiger partial charge is 0.352 e. The van der Waals surface area contributed by atoms with Crippen LogP contribution in [0.5, 0.6) is 0 Å². The fourth-order valence-corrected chi connectivity index (χ4v) is 1.70. The third-order valence-electron chi connectivity index (χ3n) is 3.08. The van der Waals surface area contributed by atoms with E-state index in [-0.39, 0.29) is 35.2 Å². The number of rotatable bonds is 6. The van der Waals surface area contributed by atoms with Gasteiger partial charge in [-0.2, -0.15) is 0 Å². The number of amides is 1. The summed E-state index contributed by atoms with van der Waals surface area (Å²) in [5.41, 5.74) is 5.00. The number of carbonyl (C=O) groups is 2. The molecule has 1 unspecified atom stereocenters. The number of nitrogens with one attached hydrogen (secondary N) is 2. The standard InChI is InChI=1S/C12H19N3O3/c1-12(2)6-7(12)10(16)15-8(11(17)18)4-3-5-9(13)14/h4,7H,3,5-6H2,1-2H3,(H3,13,14)(H,15,16)(H,17,18)/b8-4-. The van der Waals surface area contributed by atoms with Crippen molar-refractivity contribution in [1.29, 1.82) is 5.41 Å². The SMILES string of the molecule is CC1(C)CC1C(=O)N/C(=C\CCC(=N)N)C(=O)O. The fourth-order valence-electron chi connectivity index (χ4n) is 1.70. The number of hydrogen-bond acceptors (Lipinski definition) is 3. The molecule has 18 heavy (non-hydrogen) atoms. The minimum atomic E-state index is -1.18. The van der Waals surface area contributed by atoms with Crippen molar-refractivity contribution in [3.63, 3.8) is 0 Å². The third-order valence-corrected chi connectivity index (χ3v) is 3.08. The molecular formula is C12H19N3O3. The number of amidine groups is 1. The van der Waals surface area contributed by atoms with E-state index in [4.69, 9.17) is 16.2 Å². The zero-order valence-corrected chi connectivity index (χ0v) is 10.6. The van der Waals surface area contributed by atoms with Gasteiger partial charge in [-0.1, -0.05) is 19.9 Å². The van der Waals surface area contributed by atoms with Crippen molar-refractivity contribution in [2.45, 2.75) is 33.1 Å². The average Bonchev–Trinajstić information content (AvgIpc) is 2.85. The molecular weight excluding hydrogens is 234 g/mol. The number of carbonyl (C=O) groups excluding carboxylic acids is 1. The molecule has 1 rings (SSSR count). The van der Waals surface area contributed by atoms with Crippen LogP contribution in [0.3, 0.4) is 0 Å². The predicted octanol–water partition coefficient (Wildman–Crippen LogP) is 0.833. The monoisotopic (exact) mass is 253 g/mol. The molecule has 0 bridgehead atoms. The summed E-state index contributed by atoms with van der Waals surface area (Å²) in [6.07, 6.45) is 2.77. The maximum atomic E-state index is 11.8. The molecule has 0 aliphatic heterocycles. The highest BCUT2D eigenvalue weighted by Crippen LogP contribution is 2.51. The van der Waals surface area contributed by atoms with Crippen LogP contribution in [0.4, 0.5) is 0 Å². The van der Waals surface area contributed by atoms with Gasteiger partial charge in [0, 0.05) is 12.3 Å². The average molecular weight is 253 g/mol. The van der Waals surface area contributed by atoms with Gasteiger partial charge in [-0.3, -0.25) is 10.2 Å². The van der Waals surface area contributed by atoms with E-state index >= 15 is 0 Å². The zero-order chi connectivity index (χ0) is 13.9. The number of aliphatic carboxylic acids is 1. The molecule has 1 saturated carbocycles. The van der Waals surface area contributed by atoms with E-state index in [1.807, 2.05) is 13.8 Å². The lowest BCUT2D eigenvalue weighted by Gasteiger charge is -2.07.